The van der Waals surface area contributed by atoms with E-state index in [1.54, 1.807) is 11.3 Å². The highest BCUT2D eigenvalue weighted by molar-refractivity contribution is 7.22. The summed E-state index contributed by atoms with van der Waals surface area (Å²) < 4.78 is 3.51. The molecule has 1 saturated carbocycles. The lowest BCUT2D eigenvalue weighted by Gasteiger charge is -2.37. The minimum atomic E-state index is 0.482. The van der Waals surface area contributed by atoms with Crippen molar-refractivity contribution in [3.63, 3.8) is 0 Å². The number of fused-ring (bicyclic) bond motifs is 2. The van der Waals surface area contributed by atoms with Crippen LogP contribution in [0.4, 0.5) is 5.13 Å². The molecule has 0 radical (unpaired) electrons. The summed E-state index contributed by atoms with van der Waals surface area (Å²) >= 11 is 1.55. The molecule has 0 atom stereocenters. The predicted molar refractivity (Wildman–Crippen MR) is 102 cm³/mol. The van der Waals surface area contributed by atoms with Crippen LogP contribution in [0.5, 0.6) is 0 Å². The molecule has 6 heteroatoms. The number of aromatic nitrogens is 4. The highest BCUT2D eigenvalue weighted by Gasteiger charge is 2.34. The molecule has 126 valence electrons. The molecule has 25 heavy (non-hydrogen) atoms. The van der Waals surface area contributed by atoms with Crippen LogP contribution in [0.15, 0.2) is 36.5 Å². The Balaban J connectivity index is 1.44. The molecule has 0 amide bonds. The molecular weight excluding hydrogens is 330 g/mol. The minimum absolute atomic E-state index is 0.482. The number of anilines is 1. The summed E-state index contributed by atoms with van der Waals surface area (Å²) in [6, 6.07) is 11.1. The van der Waals surface area contributed by atoms with E-state index in [1.165, 1.54) is 5.56 Å². The van der Waals surface area contributed by atoms with Crippen LogP contribution in [0.3, 0.4) is 0 Å². The first-order valence-corrected chi connectivity index (χ1v) is 9.52. The Labute approximate surface area is 149 Å². The minimum Gasteiger partial charge on any atom is -0.375 e. The van der Waals surface area contributed by atoms with Gasteiger partial charge in [-0.05, 0) is 48.6 Å². The second kappa shape index (κ2) is 5.52. The first kappa shape index (κ1) is 14.8. The molecule has 4 aromatic rings. The molecule has 2 N–H and O–H groups in total. The van der Waals surface area contributed by atoms with Crippen molar-refractivity contribution in [1.82, 2.24) is 19.5 Å². The average molecular weight is 349 g/mol. The predicted octanol–water partition coefficient (Wildman–Crippen LogP) is 4.30. The zero-order valence-electron chi connectivity index (χ0n) is 14.0. The molecule has 5 nitrogen and oxygen atoms in total. The number of benzene rings is 1. The standard InChI is InChI=1S/C19H19N5S/c1-2-17-22-14-4-3-7-21-18(14)24(17)13-8-12(9-13)11-5-6-16-15(10-11)23-19(20)25-16/h3-7,10,12-13H,2,8-9H2,1H3,(H2,20,23). The lowest BCUT2D eigenvalue weighted by atomic mass is 9.75. The maximum atomic E-state index is 5.82. The Bertz CT molecular complexity index is 1070. The maximum Gasteiger partial charge on any atom is 0.181 e. The van der Waals surface area contributed by atoms with Gasteiger partial charge in [0.05, 0.1) is 10.2 Å². The number of pyridine rings is 1. The summed E-state index contributed by atoms with van der Waals surface area (Å²) in [4.78, 5) is 13.7. The van der Waals surface area contributed by atoms with E-state index in [0.29, 0.717) is 17.1 Å². The highest BCUT2D eigenvalue weighted by atomic mass is 32.1. The van der Waals surface area contributed by atoms with Gasteiger partial charge in [-0.25, -0.2) is 15.0 Å². The van der Waals surface area contributed by atoms with Crippen molar-refractivity contribution < 1.29 is 0 Å². The van der Waals surface area contributed by atoms with Crippen LogP contribution in [0.1, 0.15) is 43.1 Å². The SMILES string of the molecule is CCc1nc2cccnc2n1C1CC(c2ccc3sc(N)nc3c2)C1. The molecule has 3 heterocycles. The van der Waals surface area contributed by atoms with E-state index in [0.717, 1.165) is 46.5 Å². The number of nitrogens with zero attached hydrogens (tertiary/aromatic N) is 4. The van der Waals surface area contributed by atoms with Crippen LogP contribution < -0.4 is 5.73 Å². The van der Waals surface area contributed by atoms with Crippen molar-refractivity contribution in [3.8, 4) is 0 Å². The molecule has 0 saturated heterocycles. The third-order valence-corrected chi connectivity index (χ3v) is 6.08. The summed E-state index contributed by atoms with van der Waals surface area (Å²) in [6.45, 7) is 2.16. The van der Waals surface area contributed by atoms with E-state index in [2.05, 4.69) is 45.7 Å². The molecule has 1 aliphatic carbocycles. The number of thiazole rings is 1. The van der Waals surface area contributed by atoms with Gasteiger partial charge in [-0.3, -0.25) is 0 Å². The Morgan fingerprint density at radius 3 is 2.92 bits per heavy atom. The summed E-state index contributed by atoms with van der Waals surface area (Å²) in [6.07, 6.45) is 5.04. The zero-order chi connectivity index (χ0) is 17.0. The number of nitrogens with two attached hydrogens (primary N) is 1. The highest BCUT2D eigenvalue weighted by Crippen LogP contribution is 2.46. The molecule has 1 fully saturated rings. The molecule has 1 aliphatic rings. The van der Waals surface area contributed by atoms with Crippen molar-refractivity contribution in [2.24, 2.45) is 0 Å². The van der Waals surface area contributed by atoms with Crippen LogP contribution in [0.25, 0.3) is 21.4 Å². The number of hydrogen-bond donors (Lipinski definition) is 1. The number of aryl methyl sites for hydroxylation is 1. The fraction of sp³-hybridized carbons (Fsp3) is 0.316. The van der Waals surface area contributed by atoms with Gasteiger partial charge in [-0.1, -0.05) is 24.3 Å². The molecule has 0 unspecified atom stereocenters. The molecule has 0 aliphatic heterocycles. The van der Waals surface area contributed by atoms with Crippen LogP contribution >= 0.6 is 11.3 Å². The normalized spacial score (nSPS) is 20.2. The van der Waals surface area contributed by atoms with Crippen molar-refractivity contribution in [2.45, 2.75) is 38.1 Å². The summed E-state index contributed by atoms with van der Waals surface area (Å²) in [7, 11) is 0. The molecule has 0 bridgehead atoms. The van der Waals surface area contributed by atoms with Gasteiger partial charge in [-0.2, -0.15) is 0 Å². The lowest BCUT2D eigenvalue weighted by Crippen LogP contribution is -2.26. The second-order valence-corrected chi connectivity index (χ2v) is 7.76. The monoisotopic (exact) mass is 349 g/mol. The summed E-state index contributed by atoms with van der Waals surface area (Å²) in [5.74, 6) is 1.71. The third-order valence-electron chi connectivity index (χ3n) is 5.22. The number of hydrogen-bond acceptors (Lipinski definition) is 5. The lowest BCUT2D eigenvalue weighted by molar-refractivity contribution is 0.264. The van der Waals surface area contributed by atoms with Gasteiger partial charge >= 0.3 is 0 Å². The van der Waals surface area contributed by atoms with E-state index in [1.807, 2.05) is 12.3 Å². The first-order valence-electron chi connectivity index (χ1n) is 8.70. The molecule has 5 rings (SSSR count). The van der Waals surface area contributed by atoms with E-state index in [9.17, 15) is 0 Å². The molecule has 3 aromatic heterocycles. The second-order valence-electron chi connectivity index (χ2n) is 6.70. The fourth-order valence-corrected chi connectivity index (χ4v) is 4.61. The first-order chi connectivity index (χ1) is 12.2. The van der Waals surface area contributed by atoms with Gasteiger partial charge in [-0.15, -0.1) is 0 Å². The van der Waals surface area contributed by atoms with Crippen LogP contribution in [0, 0.1) is 0 Å². The van der Waals surface area contributed by atoms with Gasteiger partial charge in [0.25, 0.3) is 0 Å². The fourth-order valence-electron chi connectivity index (χ4n) is 3.90. The quantitative estimate of drug-likeness (QED) is 0.598. The van der Waals surface area contributed by atoms with Gasteiger partial charge in [0, 0.05) is 18.7 Å². The van der Waals surface area contributed by atoms with Gasteiger partial charge in [0.15, 0.2) is 10.8 Å². The Kier molecular flexibility index (Phi) is 3.28. The Morgan fingerprint density at radius 1 is 1.20 bits per heavy atom. The number of imidazole rings is 1. The Hall–Kier alpha value is -2.47. The average Bonchev–Trinajstić information content (AvgIpc) is 3.13. The van der Waals surface area contributed by atoms with E-state index in [-0.39, 0.29) is 0 Å². The third kappa shape index (κ3) is 2.32. The van der Waals surface area contributed by atoms with Crippen LogP contribution in [0.2, 0.25) is 0 Å². The smallest absolute Gasteiger partial charge is 0.181 e. The largest absolute Gasteiger partial charge is 0.375 e. The summed E-state index contributed by atoms with van der Waals surface area (Å²) in [5, 5.41) is 0.641. The van der Waals surface area contributed by atoms with Crippen molar-refractivity contribution in [3.05, 3.63) is 47.9 Å². The van der Waals surface area contributed by atoms with Crippen molar-refractivity contribution in [1.29, 1.82) is 0 Å². The van der Waals surface area contributed by atoms with Crippen LogP contribution in [-0.4, -0.2) is 19.5 Å². The maximum absolute atomic E-state index is 5.82. The molecular formula is C19H19N5S. The number of rotatable bonds is 3. The van der Waals surface area contributed by atoms with Crippen molar-refractivity contribution in [2.75, 3.05) is 5.73 Å². The number of nitrogen functional groups attached to an aromatic ring is 1. The Morgan fingerprint density at radius 2 is 2.08 bits per heavy atom. The summed E-state index contributed by atoms with van der Waals surface area (Å²) in [5.41, 5.74) is 10.2. The van der Waals surface area contributed by atoms with E-state index in [4.69, 9.17) is 10.7 Å². The van der Waals surface area contributed by atoms with E-state index >= 15 is 0 Å². The molecule has 1 aromatic carbocycles. The zero-order valence-corrected chi connectivity index (χ0v) is 14.8. The molecule has 0 spiro atoms. The van der Waals surface area contributed by atoms with Gasteiger partial charge in [0.2, 0.25) is 0 Å². The topological polar surface area (TPSA) is 69.6 Å². The van der Waals surface area contributed by atoms with Crippen molar-refractivity contribution >= 4 is 37.8 Å². The van der Waals surface area contributed by atoms with E-state index < -0.39 is 0 Å². The van der Waals surface area contributed by atoms with Gasteiger partial charge < -0.3 is 10.3 Å². The van der Waals surface area contributed by atoms with Gasteiger partial charge in [0.1, 0.15) is 11.3 Å². The van der Waals surface area contributed by atoms with Crippen LogP contribution in [-0.2, 0) is 6.42 Å².